The van der Waals surface area contributed by atoms with E-state index in [1.165, 1.54) is 12.0 Å². The van der Waals surface area contributed by atoms with Gasteiger partial charge >= 0.3 is 12.1 Å². The van der Waals surface area contributed by atoms with Gasteiger partial charge in [0.25, 0.3) is 0 Å². The SMILES string of the molecule is COC(=O)C1CN(C(=O)O)CCN1C1COC1. The van der Waals surface area contributed by atoms with Gasteiger partial charge in [0.2, 0.25) is 0 Å². The van der Waals surface area contributed by atoms with E-state index in [4.69, 9.17) is 14.6 Å². The standard InChI is InChI=1S/C10H16N2O5/c1-16-9(13)8-4-11(10(14)15)2-3-12(8)7-5-17-6-7/h7-8H,2-6H2,1H3,(H,14,15). The Hall–Kier alpha value is -1.34. The van der Waals surface area contributed by atoms with Crippen molar-refractivity contribution in [2.45, 2.75) is 12.1 Å². The van der Waals surface area contributed by atoms with Crippen molar-refractivity contribution >= 4 is 12.1 Å². The molecule has 2 aliphatic heterocycles. The Labute approximate surface area is 98.9 Å². The molecule has 96 valence electrons. The van der Waals surface area contributed by atoms with Crippen LogP contribution < -0.4 is 0 Å². The fourth-order valence-electron chi connectivity index (χ4n) is 2.17. The lowest BCUT2D eigenvalue weighted by molar-refractivity contribution is -0.157. The second-order valence-electron chi connectivity index (χ2n) is 4.20. The first kappa shape index (κ1) is 12.1. The minimum atomic E-state index is -0.997. The molecular weight excluding hydrogens is 228 g/mol. The minimum absolute atomic E-state index is 0.165. The number of methoxy groups -OCH3 is 1. The predicted molar refractivity (Wildman–Crippen MR) is 56.7 cm³/mol. The highest BCUT2D eigenvalue weighted by Crippen LogP contribution is 2.19. The van der Waals surface area contributed by atoms with Gasteiger partial charge in [-0.15, -0.1) is 0 Å². The molecule has 1 N–H and O–H groups in total. The fourth-order valence-corrected chi connectivity index (χ4v) is 2.17. The van der Waals surface area contributed by atoms with Crippen LogP contribution in [0.3, 0.4) is 0 Å². The lowest BCUT2D eigenvalue weighted by atomic mass is 10.1. The highest BCUT2D eigenvalue weighted by molar-refractivity contribution is 5.77. The van der Waals surface area contributed by atoms with Crippen LogP contribution in [0.5, 0.6) is 0 Å². The van der Waals surface area contributed by atoms with Gasteiger partial charge in [0.15, 0.2) is 0 Å². The Morgan fingerprint density at radius 3 is 2.53 bits per heavy atom. The molecule has 0 spiro atoms. The number of carbonyl (C=O) groups excluding carboxylic acids is 1. The molecule has 2 saturated heterocycles. The maximum absolute atomic E-state index is 11.7. The normalized spacial score (nSPS) is 26.4. The molecule has 0 aromatic rings. The summed E-state index contributed by atoms with van der Waals surface area (Å²) in [6.45, 7) is 2.32. The smallest absolute Gasteiger partial charge is 0.407 e. The third-order valence-corrected chi connectivity index (χ3v) is 3.26. The van der Waals surface area contributed by atoms with Crippen LogP contribution in [0.1, 0.15) is 0 Å². The molecule has 2 fully saturated rings. The van der Waals surface area contributed by atoms with Gasteiger partial charge in [0, 0.05) is 13.1 Å². The van der Waals surface area contributed by atoms with E-state index in [2.05, 4.69) is 0 Å². The number of hydrogen-bond acceptors (Lipinski definition) is 5. The summed E-state index contributed by atoms with van der Waals surface area (Å²) in [5.74, 6) is -0.386. The maximum atomic E-state index is 11.7. The maximum Gasteiger partial charge on any atom is 0.407 e. The molecule has 2 aliphatic rings. The zero-order valence-corrected chi connectivity index (χ0v) is 9.66. The molecule has 1 unspecified atom stereocenters. The largest absolute Gasteiger partial charge is 0.468 e. The monoisotopic (exact) mass is 244 g/mol. The molecule has 0 aromatic heterocycles. The fraction of sp³-hybridized carbons (Fsp3) is 0.800. The Morgan fingerprint density at radius 2 is 2.06 bits per heavy atom. The zero-order valence-electron chi connectivity index (χ0n) is 9.66. The van der Waals surface area contributed by atoms with Crippen LogP contribution in [0.25, 0.3) is 0 Å². The van der Waals surface area contributed by atoms with E-state index >= 15 is 0 Å². The number of rotatable bonds is 2. The number of carboxylic acid groups (broad SMARTS) is 1. The van der Waals surface area contributed by atoms with Crippen molar-refractivity contribution in [1.29, 1.82) is 0 Å². The first-order valence-corrected chi connectivity index (χ1v) is 5.52. The minimum Gasteiger partial charge on any atom is -0.468 e. The van der Waals surface area contributed by atoms with Crippen molar-refractivity contribution in [2.24, 2.45) is 0 Å². The van der Waals surface area contributed by atoms with Crippen molar-refractivity contribution in [2.75, 3.05) is 40.0 Å². The van der Waals surface area contributed by atoms with Crippen LogP contribution in [-0.4, -0.2) is 79.0 Å². The van der Waals surface area contributed by atoms with Crippen LogP contribution in [0.15, 0.2) is 0 Å². The van der Waals surface area contributed by atoms with E-state index in [0.717, 1.165) is 0 Å². The Morgan fingerprint density at radius 1 is 1.35 bits per heavy atom. The van der Waals surface area contributed by atoms with Crippen molar-refractivity contribution in [1.82, 2.24) is 9.80 Å². The van der Waals surface area contributed by atoms with Crippen molar-refractivity contribution in [3.8, 4) is 0 Å². The van der Waals surface area contributed by atoms with E-state index in [-0.39, 0.29) is 18.6 Å². The van der Waals surface area contributed by atoms with Gasteiger partial charge < -0.3 is 19.5 Å². The van der Waals surface area contributed by atoms with Crippen molar-refractivity contribution in [3.05, 3.63) is 0 Å². The first-order valence-electron chi connectivity index (χ1n) is 5.52. The lowest BCUT2D eigenvalue weighted by Gasteiger charge is -2.45. The number of esters is 1. The van der Waals surface area contributed by atoms with Gasteiger partial charge in [-0.1, -0.05) is 0 Å². The molecule has 0 bridgehead atoms. The Balaban J connectivity index is 2.06. The Kier molecular flexibility index (Phi) is 3.49. The van der Waals surface area contributed by atoms with E-state index in [0.29, 0.717) is 26.3 Å². The number of carbonyl (C=O) groups is 2. The van der Waals surface area contributed by atoms with E-state index in [1.807, 2.05) is 4.90 Å². The van der Waals surface area contributed by atoms with Crippen LogP contribution in [0.4, 0.5) is 4.79 Å². The van der Waals surface area contributed by atoms with Crippen molar-refractivity contribution < 1.29 is 24.2 Å². The molecule has 7 heteroatoms. The number of nitrogens with zero attached hydrogens (tertiary/aromatic N) is 2. The molecule has 17 heavy (non-hydrogen) atoms. The first-order chi connectivity index (χ1) is 8.13. The molecule has 0 aromatic carbocycles. The summed E-state index contributed by atoms with van der Waals surface area (Å²) in [7, 11) is 1.32. The quantitative estimate of drug-likeness (QED) is 0.642. The highest BCUT2D eigenvalue weighted by Gasteiger charge is 2.40. The van der Waals surface area contributed by atoms with Crippen molar-refractivity contribution in [3.63, 3.8) is 0 Å². The lowest BCUT2D eigenvalue weighted by Crippen LogP contribution is -2.64. The third-order valence-electron chi connectivity index (χ3n) is 3.26. The predicted octanol–water partition coefficient (Wildman–Crippen LogP) is -0.778. The molecule has 7 nitrogen and oxygen atoms in total. The average molecular weight is 244 g/mol. The van der Waals surface area contributed by atoms with Gasteiger partial charge in [-0.3, -0.25) is 9.69 Å². The van der Waals surface area contributed by atoms with E-state index < -0.39 is 12.1 Å². The van der Waals surface area contributed by atoms with Gasteiger partial charge in [-0.05, 0) is 0 Å². The zero-order chi connectivity index (χ0) is 12.4. The number of amides is 1. The summed E-state index contributed by atoms with van der Waals surface area (Å²) >= 11 is 0. The molecule has 1 amide bonds. The van der Waals surface area contributed by atoms with Crippen LogP contribution >= 0.6 is 0 Å². The summed E-state index contributed by atoms with van der Waals surface area (Å²) in [4.78, 5) is 25.8. The molecule has 2 rings (SSSR count). The second kappa shape index (κ2) is 4.89. The summed E-state index contributed by atoms with van der Waals surface area (Å²) in [6, 6.07) is -0.311. The number of hydrogen-bond donors (Lipinski definition) is 1. The van der Waals surface area contributed by atoms with E-state index in [9.17, 15) is 9.59 Å². The molecule has 2 heterocycles. The van der Waals surface area contributed by atoms with Gasteiger partial charge in [-0.2, -0.15) is 0 Å². The van der Waals surface area contributed by atoms with Gasteiger partial charge in [0.05, 0.1) is 32.9 Å². The molecular formula is C10H16N2O5. The van der Waals surface area contributed by atoms with Crippen LogP contribution in [0, 0.1) is 0 Å². The molecule has 1 atom stereocenters. The summed E-state index contributed by atoms with van der Waals surface area (Å²) < 4.78 is 9.83. The number of piperazine rings is 1. The molecule has 0 aliphatic carbocycles. The molecule has 0 radical (unpaired) electrons. The summed E-state index contributed by atoms with van der Waals surface area (Å²) in [5, 5.41) is 8.94. The number of ether oxygens (including phenoxy) is 2. The third kappa shape index (κ3) is 2.34. The van der Waals surface area contributed by atoms with E-state index in [1.54, 1.807) is 0 Å². The summed E-state index contributed by atoms with van der Waals surface area (Å²) in [6.07, 6.45) is -0.997. The molecule has 0 saturated carbocycles. The van der Waals surface area contributed by atoms with Gasteiger partial charge in [-0.25, -0.2) is 4.79 Å². The Bertz CT molecular complexity index is 318. The van der Waals surface area contributed by atoms with Gasteiger partial charge in [0.1, 0.15) is 6.04 Å². The second-order valence-corrected chi connectivity index (χ2v) is 4.20. The topological polar surface area (TPSA) is 79.3 Å². The van der Waals surface area contributed by atoms with Crippen LogP contribution in [0.2, 0.25) is 0 Å². The van der Waals surface area contributed by atoms with Crippen LogP contribution in [-0.2, 0) is 14.3 Å². The summed E-state index contributed by atoms with van der Waals surface area (Å²) in [5.41, 5.74) is 0. The highest BCUT2D eigenvalue weighted by atomic mass is 16.5. The average Bonchev–Trinajstić information content (AvgIpc) is 2.26.